The zero-order chi connectivity index (χ0) is 14.7. The first-order chi connectivity index (χ1) is 10.2. The molecule has 0 aromatic heterocycles. The predicted octanol–water partition coefficient (Wildman–Crippen LogP) is 2.48. The van der Waals surface area contributed by atoms with Crippen LogP contribution in [0.4, 0.5) is 0 Å². The molecule has 0 aromatic carbocycles. The average molecular weight is 296 g/mol. The van der Waals surface area contributed by atoms with Gasteiger partial charge < -0.3 is 19.3 Å². The standard InChI is InChI=1S/C17H32N2O2/c1-18-11-4-3-5-15(18)8-12-19(2)16-6-9-17(10-7-16)20-13-14-21-17/h15-16H,3-14H2,1-2H3. The number of rotatable bonds is 4. The van der Waals surface area contributed by atoms with Gasteiger partial charge in [0.1, 0.15) is 0 Å². The van der Waals surface area contributed by atoms with Crippen LogP contribution < -0.4 is 0 Å². The van der Waals surface area contributed by atoms with Crippen molar-refractivity contribution in [3.63, 3.8) is 0 Å². The molecule has 4 heteroatoms. The van der Waals surface area contributed by atoms with Crippen LogP contribution in [0.1, 0.15) is 51.4 Å². The smallest absolute Gasteiger partial charge is 0.168 e. The lowest BCUT2D eigenvalue weighted by atomic mass is 9.89. The first-order valence-electron chi connectivity index (χ1n) is 8.87. The molecule has 4 nitrogen and oxygen atoms in total. The minimum Gasteiger partial charge on any atom is -0.348 e. The molecule has 1 spiro atoms. The largest absolute Gasteiger partial charge is 0.348 e. The Bertz CT molecular complexity index is 321. The van der Waals surface area contributed by atoms with Crippen LogP contribution in [-0.2, 0) is 9.47 Å². The van der Waals surface area contributed by atoms with Crippen molar-refractivity contribution < 1.29 is 9.47 Å². The molecule has 2 saturated heterocycles. The third-order valence-corrected chi connectivity index (χ3v) is 5.89. The van der Waals surface area contributed by atoms with Crippen molar-refractivity contribution in [1.82, 2.24) is 9.80 Å². The van der Waals surface area contributed by atoms with E-state index < -0.39 is 0 Å². The zero-order valence-electron chi connectivity index (χ0n) is 13.9. The molecule has 3 rings (SSSR count). The number of likely N-dealkylation sites (tertiary alicyclic amines) is 1. The minimum absolute atomic E-state index is 0.207. The molecule has 1 aliphatic carbocycles. The van der Waals surface area contributed by atoms with Gasteiger partial charge in [0.25, 0.3) is 0 Å². The van der Waals surface area contributed by atoms with E-state index in [-0.39, 0.29) is 5.79 Å². The molecule has 0 amide bonds. The van der Waals surface area contributed by atoms with Crippen molar-refractivity contribution in [2.24, 2.45) is 0 Å². The Morgan fingerprint density at radius 3 is 2.48 bits per heavy atom. The van der Waals surface area contributed by atoms with Crippen molar-refractivity contribution in [2.45, 2.75) is 69.2 Å². The monoisotopic (exact) mass is 296 g/mol. The molecule has 1 atom stereocenters. The molecular formula is C17H32N2O2. The topological polar surface area (TPSA) is 24.9 Å². The molecule has 2 aliphatic heterocycles. The van der Waals surface area contributed by atoms with Gasteiger partial charge in [-0.1, -0.05) is 6.42 Å². The SMILES string of the molecule is CN1CCCCC1CCN(C)C1CCC2(CC1)OCCO2. The van der Waals surface area contributed by atoms with Gasteiger partial charge in [-0.15, -0.1) is 0 Å². The Balaban J connectivity index is 1.40. The lowest BCUT2D eigenvalue weighted by Gasteiger charge is -2.40. The van der Waals surface area contributed by atoms with E-state index in [1.165, 1.54) is 51.6 Å². The maximum absolute atomic E-state index is 5.83. The summed E-state index contributed by atoms with van der Waals surface area (Å²) in [4.78, 5) is 5.15. The van der Waals surface area contributed by atoms with Crippen LogP contribution in [0.2, 0.25) is 0 Å². The van der Waals surface area contributed by atoms with Gasteiger partial charge in [-0.05, 0) is 59.3 Å². The summed E-state index contributed by atoms with van der Waals surface area (Å²) in [5.74, 6) is -0.207. The van der Waals surface area contributed by atoms with Crippen molar-refractivity contribution in [1.29, 1.82) is 0 Å². The number of hydrogen-bond acceptors (Lipinski definition) is 4. The fourth-order valence-electron chi connectivity index (χ4n) is 4.31. The lowest BCUT2D eigenvalue weighted by Crippen LogP contribution is -2.44. The van der Waals surface area contributed by atoms with E-state index in [2.05, 4.69) is 23.9 Å². The second-order valence-corrected chi connectivity index (χ2v) is 7.24. The normalized spacial score (nSPS) is 31.3. The first kappa shape index (κ1) is 15.7. The number of ether oxygens (including phenoxy) is 2. The second kappa shape index (κ2) is 6.95. The van der Waals surface area contributed by atoms with E-state index in [0.717, 1.165) is 38.1 Å². The van der Waals surface area contributed by atoms with E-state index in [1.807, 2.05) is 0 Å². The van der Waals surface area contributed by atoms with E-state index >= 15 is 0 Å². The average Bonchev–Trinajstić information content (AvgIpc) is 2.95. The van der Waals surface area contributed by atoms with E-state index in [1.54, 1.807) is 0 Å². The van der Waals surface area contributed by atoms with E-state index in [4.69, 9.17) is 9.47 Å². The van der Waals surface area contributed by atoms with Crippen molar-refractivity contribution in [3.05, 3.63) is 0 Å². The van der Waals surface area contributed by atoms with Gasteiger partial charge in [0.05, 0.1) is 13.2 Å². The van der Waals surface area contributed by atoms with Crippen LogP contribution in [0.5, 0.6) is 0 Å². The molecule has 3 aliphatic rings. The highest BCUT2D eigenvalue weighted by Crippen LogP contribution is 2.37. The Labute approximate surface area is 129 Å². The summed E-state index contributed by atoms with van der Waals surface area (Å²) in [6, 6.07) is 1.52. The third kappa shape index (κ3) is 3.79. The number of nitrogens with zero attached hydrogens (tertiary/aromatic N) is 2. The summed E-state index contributed by atoms with van der Waals surface area (Å²) >= 11 is 0. The molecule has 122 valence electrons. The Hall–Kier alpha value is -0.160. The summed E-state index contributed by atoms with van der Waals surface area (Å²) in [6.45, 7) is 4.09. The van der Waals surface area contributed by atoms with Crippen LogP contribution in [0.3, 0.4) is 0 Å². The molecule has 1 unspecified atom stereocenters. The Kier molecular flexibility index (Phi) is 5.20. The van der Waals surface area contributed by atoms with Crippen molar-refractivity contribution >= 4 is 0 Å². The summed E-state index contributed by atoms with van der Waals surface area (Å²) in [5.41, 5.74) is 0. The highest BCUT2D eigenvalue weighted by molar-refractivity contribution is 4.86. The summed E-state index contributed by atoms with van der Waals surface area (Å²) < 4.78 is 11.7. The molecule has 2 heterocycles. The molecular weight excluding hydrogens is 264 g/mol. The van der Waals surface area contributed by atoms with Crippen molar-refractivity contribution in [3.8, 4) is 0 Å². The van der Waals surface area contributed by atoms with Gasteiger partial charge in [-0.3, -0.25) is 0 Å². The van der Waals surface area contributed by atoms with E-state index in [0.29, 0.717) is 0 Å². The Morgan fingerprint density at radius 2 is 1.81 bits per heavy atom. The third-order valence-electron chi connectivity index (χ3n) is 5.89. The first-order valence-corrected chi connectivity index (χ1v) is 8.87. The minimum atomic E-state index is -0.207. The van der Waals surface area contributed by atoms with Gasteiger partial charge >= 0.3 is 0 Å². The summed E-state index contributed by atoms with van der Waals surface area (Å²) in [7, 11) is 4.60. The van der Waals surface area contributed by atoms with E-state index in [9.17, 15) is 0 Å². The Morgan fingerprint density at radius 1 is 1.10 bits per heavy atom. The van der Waals surface area contributed by atoms with Crippen LogP contribution in [0.15, 0.2) is 0 Å². The summed E-state index contributed by atoms with van der Waals surface area (Å²) in [5, 5.41) is 0. The predicted molar refractivity (Wildman–Crippen MR) is 84.4 cm³/mol. The molecule has 0 radical (unpaired) electrons. The van der Waals surface area contributed by atoms with Gasteiger partial charge in [-0.2, -0.15) is 0 Å². The van der Waals surface area contributed by atoms with Crippen LogP contribution in [0, 0.1) is 0 Å². The maximum Gasteiger partial charge on any atom is 0.168 e. The molecule has 21 heavy (non-hydrogen) atoms. The highest BCUT2D eigenvalue weighted by atomic mass is 16.7. The van der Waals surface area contributed by atoms with Crippen LogP contribution in [-0.4, -0.2) is 68.1 Å². The number of hydrogen-bond donors (Lipinski definition) is 0. The fourth-order valence-corrected chi connectivity index (χ4v) is 4.31. The molecule has 0 N–H and O–H groups in total. The molecule has 3 fully saturated rings. The molecule has 0 aromatic rings. The van der Waals surface area contributed by atoms with Crippen molar-refractivity contribution in [2.75, 3.05) is 40.4 Å². The van der Waals surface area contributed by atoms with Gasteiger partial charge in [0.2, 0.25) is 0 Å². The molecule has 1 saturated carbocycles. The second-order valence-electron chi connectivity index (χ2n) is 7.24. The summed E-state index contributed by atoms with van der Waals surface area (Å²) in [6.07, 6.45) is 10.1. The van der Waals surface area contributed by atoms with Gasteiger partial charge in [0, 0.05) is 24.9 Å². The zero-order valence-corrected chi connectivity index (χ0v) is 13.9. The van der Waals surface area contributed by atoms with Crippen LogP contribution in [0.25, 0.3) is 0 Å². The van der Waals surface area contributed by atoms with Gasteiger partial charge in [-0.25, -0.2) is 0 Å². The van der Waals surface area contributed by atoms with Gasteiger partial charge in [0.15, 0.2) is 5.79 Å². The molecule has 0 bridgehead atoms. The maximum atomic E-state index is 5.83. The quantitative estimate of drug-likeness (QED) is 0.796. The fraction of sp³-hybridized carbons (Fsp3) is 1.00. The number of piperidine rings is 1. The highest BCUT2D eigenvalue weighted by Gasteiger charge is 2.41. The van der Waals surface area contributed by atoms with Crippen LogP contribution >= 0.6 is 0 Å². The lowest BCUT2D eigenvalue weighted by molar-refractivity contribution is -0.183.